The van der Waals surface area contributed by atoms with Crippen molar-refractivity contribution < 1.29 is 23.5 Å². The van der Waals surface area contributed by atoms with E-state index in [4.69, 9.17) is 44.9 Å². The van der Waals surface area contributed by atoms with Crippen LogP contribution in [0.3, 0.4) is 0 Å². The van der Waals surface area contributed by atoms with E-state index < -0.39 is 11.8 Å². The molecule has 37 heavy (non-hydrogen) atoms. The van der Waals surface area contributed by atoms with Gasteiger partial charge in [0.25, 0.3) is 11.8 Å². The van der Waals surface area contributed by atoms with Crippen LogP contribution in [0.1, 0.15) is 18.1 Å². The minimum Gasteiger partial charge on any atom is -0.490 e. The monoisotopic (exact) mass is 670 g/mol. The molecule has 1 aliphatic rings. The van der Waals surface area contributed by atoms with Crippen LogP contribution in [0.2, 0.25) is 10.0 Å². The Hall–Kier alpha value is -2.73. The number of carbonyl (C=O) groups excluding carboxylic acids is 2. The lowest BCUT2D eigenvalue weighted by molar-refractivity contribution is -0.122. The molecule has 3 aromatic rings. The molecule has 0 spiro atoms. The van der Waals surface area contributed by atoms with Crippen molar-refractivity contribution in [3.05, 3.63) is 90.7 Å². The molecule has 3 aromatic carbocycles. The van der Waals surface area contributed by atoms with Crippen molar-refractivity contribution in [1.29, 1.82) is 0 Å². The molecule has 11 heteroatoms. The molecule has 1 aliphatic heterocycles. The first-order chi connectivity index (χ1) is 17.7. The van der Waals surface area contributed by atoms with Crippen LogP contribution in [0.15, 0.2) is 60.2 Å². The topological polar surface area (TPSA) is 67.9 Å². The molecule has 190 valence electrons. The second kappa shape index (κ2) is 11.8. The SMILES string of the molecule is CCOc1cc(/C=C2\C(=O)NC(=S)N(c3cccc(Cl)c3Cl)C2=O)cc(I)c1OCc1ccccc1F. The number of rotatable bonds is 7. The van der Waals surface area contributed by atoms with Gasteiger partial charge in [0.1, 0.15) is 18.0 Å². The van der Waals surface area contributed by atoms with Gasteiger partial charge in [0.15, 0.2) is 16.6 Å². The summed E-state index contributed by atoms with van der Waals surface area (Å²) >= 11 is 19.7. The number of carbonyl (C=O) groups is 2. The van der Waals surface area contributed by atoms with Crippen LogP contribution >= 0.6 is 58.0 Å². The number of thiocarbonyl (C=S) groups is 1. The zero-order valence-corrected chi connectivity index (χ0v) is 23.7. The standard InChI is InChI=1S/C26H18Cl2FIN2O4S/c1-2-35-21-12-14(11-19(30)23(21)36-13-15-6-3-4-8-18(15)29)10-16-24(33)31-26(37)32(25(16)34)20-9-5-7-17(27)22(20)28/h3-12H,2,13H2,1H3,(H,31,33,37)/b16-10+. The quantitative estimate of drug-likeness (QED) is 0.134. The summed E-state index contributed by atoms with van der Waals surface area (Å²) in [7, 11) is 0. The summed E-state index contributed by atoms with van der Waals surface area (Å²) in [4.78, 5) is 27.2. The summed E-state index contributed by atoms with van der Waals surface area (Å²) in [5.41, 5.74) is 0.987. The van der Waals surface area contributed by atoms with Crippen molar-refractivity contribution in [2.45, 2.75) is 13.5 Å². The smallest absolute Gasteiger partial charge is 0.270 e. The van der Waals surface area contributed by atoms with Gasteiger partial charge in [-0.2, -0.15) is 0 Å². The number of benzene rings is 3. The Morgan fingerprint density at radius 3 is 2.59 bits per heavy atom. The summed E-state index contributed by atoms with van der Waals surface area (Å²) in [5, 5.41) is 2.77. The highest BCUT2D eigenvalue weighted by atomic mass is 127. The number of amides is 2. The Morgan fingerprint density at radius 1 is 1.11 bits per heavy atom. The van der Waals surface area contributed by atoms with Crippen molar-refractivity contribution in [3.63, 3.8) is 0 Å². The van der Waals surface area contributed by atoms with Crippen LogP contribution in [0, 0.1) is 9.39 Å². The number of ether oxygens (including phenoxy) is 2. The zero-order valence-electron chi connectivity index (χ0n) is 19.2. The molecule has 0 atom stereocenters. The second-order valence-electron chi connectivity index (χ2n) is 7.67. The fourth-order valence-corrected chi connectivity index (χ4v) is 4.98. The fourth-order valence-electron chi connectivity index (χ4n) is 3.55. The van der Waals surface area contributed by atoms with E-state index in [1.807, 2.05) is 6.92 Å². The maximum absolute atomic E-state index is 14.0. The van der Waals surface area contributed by atoms with Gasteiger partial charge >= 0.3 is 0 Å². The molecule has 2 amide bonds. The third kappa shape index (κ3) is 5.90. The van der Waals surface area contributed by atoms with Gasteiger partial charge < -0.3 is 9.47 Å². The maximum atomic E-state index is 14.0. The minimum atomic E-state index is -0.661. The van der Waals surface area contributed by atoms with Crippen molar-refractivity contribution in [2.75, 3.05) is 11.5 Å². The van der Waals surface area contributed by atoms with Gasteiger partial charge in [-0.15, -0.1) is 0 Å². The van der Waals surface area contributed by atoms with E-state index in [-0.39, 0.29) is 38.8 Å². The van der Waals surface area contributed by atoms with Crippen LogP contribution in [0.5, 0.6) is 11.5 Å². The number of nitrogens with one attached hydrogen (secondary N) is 1. The van der Waals surface area contributed by atoms with Crippen molar-refractivity contribution in [3.8, 4) is 11.5 Å². The number of hydrogen-bond donors (Lipinski definition) is 1. The van der Waals surface area contributed by atoms with Gasteiger partial charge in [0, 0.05) is 5.56 Å². The van der Waals surface area contributed by atoms with Crippen LogP contribution < -0.4 is 19.7 Å². The Morgan fingerprint density at radius 2 is 1.86 bits per heavy atom. The molecular weight excluding hydrogens is 653 g/mol. The first-order valence-electron chi connectivity index (χ1n) is 10.9. The Balaban J connectivity index is 1.69. The van der Waals surface area contributed by atoms with Gasteiger partial charge in [-0.05, 0) is 83.7 Å². The molecule has 1 saturated heterocycles. The number of halogens is 4. The molecule has 1 heterocycles. The zero-order chi connectivity index (χ0) is 26.7. The van der Waals surface area contributed by atoms with Gasteiger partial charge in [0.2, 0.25) is 0 Å². The van der Waals surface area contributed by atoms with Gasteiger partial charge in [0.05, 0.1) is 25.9 Å². The summed E-state index contributed by atoms with van der Waals surface area (Å²) in [5.74, 6) is -0.892. The molecule has 0 radical (unpaired) electrons. The predicted octanol–water partition coefficient (Wildman–Crippen LogP) is 6.55. The normalized spacial score (nSPS) is 14.7. The predicted molar refractivity (Wildman–Crippen MR) is 154 cm³/mol. The van der Waals surface area contributed by atoms with E-state index in [1.165, 1.54) is 12.1 Å². The molecule has 1 fully saturated rings. The van der Waals surface area contributed by atoms with Crippen LogP contribution in [0.4, 0.5) is 10.1 Å². The molecule has 0 saturated carbocycles. The van der Waals surface area contributed by atoms with E-state index in [0.717, 1.165) is 4.90 Å². The average molecular weight is 671 g/mol. The maximum Gasteiger partial charge on any atom is 0.270 e. The summed E-state index contributed by atoms with van der Waals surface area (Å²) < 4.78 is 26.3. The molecule has 0 unspecified atom stereocenters. The van der Waals surface area contributed by atoms with Crippen molar-refractivity contribution in [2.24, 2.45) is 0 Å². The Kier molecular flexibility index (Phi) is 8.68. The summed E-state index contributed by atoms with van der Waals surface area (Å²) in [6, 6.07) is 14.5. The number of anilines is 1. The van der Waals surface area contributed by atoms with E-state index in [1.54, 1.807) is 48.5 Å². The first kappa shape index (κ1) is 27.3. The van der Waals surface area contributed by atoms with Crippen molar-refractivity contribution in [1.82, 2.24) is 5.32 Å². The van der Waals surface area contributed by atoms with E-state index >= 15 is 0 Å². The summed E-state index contributed by atoms with van der Waals surface area (Å²) in [6.07, 6.45) is 1.43. The van der Waals surface area contributed by atoms with Crippen LogP contribution in [0.25, 0.3) is 6.08 Å². The lowest BCUT2D eigenvalue weighted by Crippen LogP contribution is -2.54. The number of nitrogens with zero attached hydrogens (tertiary/aromatic N) is 1. The Bertz CT molecular complexity index is 1450. The molecule has 0 bridgehead atoms. The molecular formula is C26H18Cl2FIN2O4S. The highest BCUT2D eigenvalue weighted by Gasteiger charge is 2.35. The highest BCUT2D eigenvalue weighted by molar-refractivity contribution is 14.1. The van der Waals surface area contributed by atoms with E-state index in [9.17, 15) is 14.0 Å². The lowest BCUT2D eigenvalue weighted by Gasteiger charge is -2.29. The van der Waals surface area contributed by atoms with Gasteiger partial charge in [-0.3, -0.25) is 19.8 Å². The van der Waals surface area contributed by atoms with E-state index in [2.05, 4.69) is 27.9 Å². The van der Waals surface area contributed by atoms with Crippen molar-refractivity contribution >= 4 is 86.7 Å². The molecule has 6 nitrogen and oxygen atoms in total. The Labute approximate surface area is 241 Å². The van der Waals surface area contributed by atoms with E-state index in [0.29, 0.717) is 32.8 Å². The average Bonchev–Trinajstić information content (AvgIpc) is 2.85. The van der Waals surface area contributed by atoms with Gasteiger partial charge in [-0.1, -0.05) is 47.5 Å². The van der Waals surface area contributed by atoms with Crippen LogP contribution in [-0.2, 0) is 16.2 Å². The van der Waals surface area contributed by atoms with Gasteiger partial charge in [-0.25, -0.2) is 4.39 Å². The minimum absolute atomic E-state index is 0.00310. The molecule has 4 rings (SSSR count). The highest BCUT2D eigenvalue weighted by Crippen LogP contribution is 2.37. The first-order valence-corrected chi connectivity index (χ1v) is 13.1. The lowest BCUT2D eigenvalue weighted by atomic mass is 10.1. The van der Waals surface area contributed by atoms with Crippen LogP contribution in [-0.4, -0.2) is 23.5 Å². The molecule has 0 aromatic heterocycles. The second-order valence-corrected chi connectivity index (χ2v) is 10.0. The largest absolute Gasteiger partial charge is 0.490 e. The summed E-state index contributed by atoms with van der Waals surface area (Å²) in [6.45, 7) is 2.14. The number of hydrogen-bond acceptors (Lipinski definition) is 5. The molecule has 1 N–H and O–H groups in total. The fraction of sp³-hybridized carbons (Fsp3) is 0.115. The molecule has 0 aliphatic carbocycles. The third-order valence-corrected chi connectivity index (χ3v) is 7.14. The third-order valence-electron chi connectivity index (χ3n) is 5.25.